The van der Waals surface area contributed by atoms with E-state index in [-0.39, 0.29) is 22.5 Å². The van der Waals surface area contributed by atoms with Crippen LogP contribution in [0.15, 0.2) is 42.5 Å². The van der Waals surface area contributed by atoms with Crippen LogP contribution in [0.4, 0.5) is 0 Å². The molecule has 0 amide bonds. The van der Waals surface area contributed by atoms with Crippen molar-refractivity contribution in [1.82, 2.24) is 5.32 Å². The van der Waals surface area contributed by atoms with Crippen LogP contribution in [-0.4, -0.2) is 24.0 Å². The molecule has 0 spiro atoms. The molecule has 1 aliphatic rings. The molecule has 1 aliphatic heterocycles. The number of rotatable bonds is 3. The smallest absolute Gasteiger partial charge is 0.167 e. The molecule has 108 valence electrons. The summed E-state index contributed by atoms with van der Waals surface area (Å²) in [5, 5.41) is 13.0. The molecule has 2 aromatic carbocycles. The van der Waals surface area contributed by atoms with Gasteiger partial charge < -0.3 is 10.4 Å². The molecule has 0 saturated carbocycles. The van der Waals surface area contributed by atoms with E-state index in [4.69, 9.17) is 11.6 Å². The number of nitrogens with one attached hydrogen (secondary N) is 1. The third-order valence-corrected chi connectivity index (χ3v) is 4.19. The number of hydrogen-bond acceptors (Lipinski definition) is 3. The molecule has 3 nitrogen and oxygen atoms in total. The minimum Gasteiger partial charge on any atom is -0.506 e. The predicted molar refractivity (Wildman–Crippen MR) is 83.9 cm³/mol. The lowest BCUT2D eigenvalue weighted by molar-refractivity contribution is 0.0931. The Morgan fingerprint density at radius 1 is 1.24 bits per heavy atom. The highest BCUT2D eigenvalue weighted by Crippen LogP contribution is 2.32. The first-order valence-corrected chi connectivity index (χ1v) is 7.37. The van der Waals surface area contributed by atoms with Gasteiger partial charge in [-0.25, -0.2) is 0 Å². The second-order valence-corrected chi connectivity index (χ2v) is 5.67. The summed E-state index contributed by atoms with van der Waals surface area (Å²) in [6.07, 6.45) is 0.878. The molecular formula is C17H16ClNO2. The normalized spacial score (nSPS) is 17.9. The van der Waals surface area contributed by atoms with Gasteiger partial charge in [0.2, 0.25) is 0 Å². The largest absolute Gasteiger partial charge is 0.506 e. The van der Waals surface area contributed by atoms with Gasteiger partial charge in [0.05, 0.1) is 5.02 Å². The van der Waals surface area contributed by atoms with Crippen molar-refractivity contribution in [2.75, 3.05) is 13.1 Å². The van der Waals surface area contributed by atoms with Crippen LogP contribution in [0, 0.1) is 5.92 Å². The highest BCUT2D eigenvalue weighted by atomic mass is 35.5. The number of phenols is 1. The van der Waals surface area contributed by atoms with Crippen molar-refractivity contribution in [3.63, 3.8) is 0 Å². The summed E-state index contributed by atoms with van der Waals surface area (Å²) in [5.41, 5.74) is 2.41. The van der Waals surface area contributed by atoms with Crippen molar-refractivity contribution in [2.45, 2.75) is 6.42 Å². The second-order valence-electron chi connectivity index (χ2n) is 5.27. The Kier molecular flexibility index (Phi) is 3.95. The van der Waals surface area contributed by atoms with Gasteiger partial charge in [0.1, 0.15) is 5.75 Å². The van der Waals surface area contributed by atoms with E-state index in [0.717, 1.165) is 30.6 Å². The van der Waals surface area contributed by atoms with Crippen molar-refractivity contribution in [2.24, 2.45) is 5.92 Å². The van der Waals surface area contributed by atoms with Crippen molar-refractivity contribution < 1.29 is 9.90 Å². The number of carbonyl (C=O) groups is 1. The van der Waals surface area contributed by atoms with Gasteiger partial charge in [-0.15, -0.1) is 0 Å². The minimum absolute atomic E-state index is 0.0405. The van der Waals surface area contributed by atoms with Gasteiger partial charge in [-0.3, -0.25) is 4.79 Å². The van der Waals surface area contributed by atoms with Crippen LogP contribution in [0.5, 0.6) is 5.75 Å². The molecule has 1 unspecified atom stereocenters. The molecule has 2 N–H and O–H groups in total. The van der Waals surface area contributed by atoms with Crippen LogP contribution >= 0.6 is 11.6 Å². The first-order valence-electron chi connectivity index (χ1n) is 6.99. The van der Waals surface area contributed by atoms with Crippen LogP contribution < -0.4 is 5.32 Å². The molecule has 1 heterocycles. The van der Waals surface area contributed by atoms with Gasteiger partial charge in [0, 0.05) is 18.0 Å². The number of carbonyl (C=O) groups excluding carboxylic acids is 1. The number of ketones is 1. The highest BCUT2D eigenvalue weighted by molar-refractivity contribution is 6.32. The van der Waals surface area contributed by atoms with Crippen molar-refractivity contribution in [3.8, 4) is 16.9 Å². The summed E-state index contributed by atoms with van der Waals surface area (Å²) in [7, 11) is 0. The Balaban J connectivity index is 2.02. The molecule has 1 saturated heterocycles. The molecule has 21 heavy (non-hydrogen) atoms. The van der Waals surface area contributed by atoms with Gasteiger partial charge in [-0.05, 0) is 36.2 Å². The number of phenolic OH excluding ortho intramolecular Hbond substituents is 1. The molecule has 0 radical (unpaired) electrons. The van der Waals surface area contributed by atoms with Gasteiger partial charge >= 0.3 is 0 Å². The van der Waals surface area contributed by atoms with E-state index in [2.05, 4.69) is 5.32 Å². The lowest BCUT2D eigenvalue weighted by atomic mass is 9.90. The number of hydrogen-bond donors (Lipinski definition) is 2. The summed E-state index contributed by atoms with van der Waals surface area (Å²) >= 11 is 5.98. The Bertz CT molecular complexity index is 678. The van der Waals surface area contributed by atoms with E-state index in [0.29, 0.717) is 5.56 Å². The fraction of sp³-hybridized carbons (Fsp3) is 0.235. The van der Waals surface area contributed by atoms with Crippen LogP contribution in [0.25, 0.3) is 11.1 Å². The molecular weight excluding hydrogens is 286 g/mol. The molecule has 0 bridgehead atoms. The minimum atomic E-state index is 0.0405. The number of Topliss-reactive ketones (excluding diaryl/α,β-unsaturated/α-hetero) is 1. The summed E-state index contributed by atoms with van der Waals surface area (Å²) in [5.74, 6) is 0.253. The summed E-state index contributed by atoms with van der Waals surface area (Å²) in [6.45, 7) is 1.63. The first-order chi connectivity index (χ1) is 10.2. The molecule has 0 aromatic heterocycles. The fourth-order valence-electron chi connectivity index (χ4n) is 2.72. The Morgan fingerprint density at radius 2 is 2.05 bits per heavy atom. The van der Waals surface area contributed by atoms with E-state index in [1.165, 1.54) is 0 Å². The molecule has 2 aromatic rings. The number of aromatic hydroxyl groups is 1. The average molecular weight is 302 g/mol. The maximum atomic E-state index is 12.7. The molecule has 0 aliphatic carbocycles. The first kappa shape index (κ1) is 14.1. The summed E-state index contributed by atoms with van der Waals surface area (Å²) in [6, 6.07) is 12.6. The summed E-state index contributed by atoms with van der Waals surface area (Å²) < 4.78 is 0. The maximum absolute atomic E-state index is 12.7. The zero-order chi connectivity index (χ0) is 14.8. The lowest BCUT2D eigenvalue weighted by Crippen LogP contribution is -2.18. The highest BCUT2D eigenvalue weighted by Gasteiger charge is 2.25. The maximum Gasteiger partial charge on any atom is 0.167 e. The topological polar surface area (TPSA) is 49.3 Å². The number of halogens is 1. The number of benzene rings is 2. The van der Waals surface area contributed by atoms with Gasteiger partial charge in [0.25, 0.3) is 0 Å². The van der Waals surface area contributed by atoms with Crippen LogP contribution in [0.3, 0.4) is 0 Å². The molecule has 1 atom stereocenters. The van der Waals surface area contributed by atoms with E-state index < -0.39 is 0 Å². The average Bonchev–Trinajstić information content (AvgIpc) is 3.04. The molecule has 1 fully saturated rings. The monoisotopic (exact) mass is 301 g/mol. The van der Waals surface area contributed by atoms with Gasteiger partial charge in [-0.2, -0.15) is 0 Å². The second kappa shape index (κ2) is 5.88. The summed E-state index contributed by atoms with van der Waals surface area (Å²) in [4.78, 5) is 12.7. The Hall–Kier alpha value is -1.84. The third-order valence-electron chi connectivity index (χ3n) is 3.88. The van der Waals surface area contributed by atoms with Crippen LogP contribution in [0.1, 0.15) is 16.8 Å². The van der Waals surface area contributed by atoms with E-state index >= 15 is 0 Å². The van der Waals surface area contributed by atoms with E-state index in [1.807, 2.05) is 24.3 Å². The molecule has 3 rings (SSSR count). The van der Waals surface area contributed by atoms with Crippen LogP contribution in [-0.2, 0) is 0 Å². The molecule has 4 heteroatoms. The predicted octanol–water partition coefficient (Wildman–Crippen LogP) is 3.50. The quantitative estimate of drug-likeness (QED) is 0.853. The SMILES string of the molecule is O=C(c1ccccc1-c1ccc(O)c(Cl)c1)C1CCNC1. The van der Waals surface area contributed by atoms with Crippen LogP contribution in [0.2, 0.25) is 5.02 Å². The van der Waals surface area contributed by atoms with Gasteiger partial charge in [0.15, 0.2) is 5.78 Å². The van der Waals surface area contributed by atoms with Crippen molar-refractivity contribution >= 4 is 17.4 Å². The van der Waals surface area contributed by atoms with Crippen molar-refractivity contribution in [1.29, 1.82) is 0 Å². The van der Waals surface area contributed by atoms with Gasteiger partial charge in [-0.1, -0.05) is 41.9 Å². The fourth-order valence-corrected chi connectivity index (χ4v) is 2.90. The zero-order valence-electron chi connectivity index (χ0n) is 11.5. The van der Waals surface area contributed by atoms with E-state index in [1.54, 1.807) is 18.2 Å². The lowest BCUT2D eigenvalue weighted by Gasteiger charge is -2.13. The third kappa shape index (κ3) is 2.80. The Morgan fingerprint density at radius 3 is 2.76 bits per heavy atom. The van der Waals surface area contributed by atoms with E-state index in [9.17, 15) is 9.90 Å². The zero-order valence-corrected chi connectivity index (χ0v) is 12.2. The Labute approximate surface area is 128 Å². The van der Waals surface area contributed by atoms with Crippen molar-refractivity contribution in [3.05, 3.63) is 53.1 Å². The standard InChI is InChI=1S/C17H16ClNO2/c18-15-9-11(5-6-16(15)20)13-3-1-2-4-14(13)17(21)12-7-8-19-10-12/h1-6,9,12,19-20H,7-8,10H2.